The lowest BCUT2D eigenvalue weighted by Crippen LogP contribution is -2.12. The number of methoxy groups -OCH3 is 1. The molecule has 0 aliphatic rings. The van der Waals surface area contributed by atoms with Gasteiger partial charge in [-0.25, -0.2) is 12.8 Å². The number of carbonyl (C=O) groups is 1. The van der Waals surface area contributed by atoms with Crippen LogP contribution in [0.2, 0.25) is 0 Å². The number of sulfonamides is 1. The van der Waals surface area contributed by atoms with Crippen molar-refractivity contribution >= 4 is 32.5 Å². The second-order valence-corrected chi connectivity index (χ2v) is 9.33. The zero-order chi connectivity index (χ0) is 23.6. The first-order chi connectivity index (χ1) is 15.8. The summed E-state index contributed by atoms with van der Waals surface area (Å²) in [4.78, 5) is 12.1. The number of halogens is 1. The Hall–Kier alpha value is -3.71. The average Bonchev–Trinajstić information content (AvgIpc) is 2.81. The van der Waals surface area contributed by atoms with Crippen LogP contribution in [-0.4, -0.2) is 21.5 Å². The fraction of sp³-hybridized carbons (Fsp3) is 0.115. The van der Waals surface area contributed by atoms with Gasteiger partial charge in [-0.05, 0) is 76.3 Å². The highest BCUT2D eigenvalue weighted by molar-refractivity contribution is 7.92. The number of nitrogens with one attached hydrogen (secondary N) is 1. The maximum atomic E-state index is 14.1. The van der Waals surface area contributed by atoms with Gasteiger partial charge in [0.2, 0.25) is 0 Å². The zero-order valence-electron chi connectivity index (χ0n) is 18.1. The number of esters is 1. The molecule has 0 spiro atoms. The van der Waals surface area contributed by atoms with E-state index < -0.39 is 10.0 Å². The zero-order valence-corrected chi connectivity index (χ0v) is 18.9. The largest absolute Gasteiger partial charge is 0.469 e. The number of rotatable bonds is 6. The van der Waals surface area contributed by atoms with Crippen LogP contribution in [0.15, 0.2) is 83.8 Å². The van der Waals surface area contributed by atoms with E-state index in [1.165, 1.54) is 31.4 Å². The Labute approximate surface area is 191 Å². The lowest BCUT2D eigenvalue weighted by Gasteiger charge is -2.16. The highest BCUT2D eigenvalue weighted by atomic mass is 32.2. The molecule has 0 fully saturated rings. The number of benzene rings is 4. The molecule has 0 bridgehead atoms. The van der Waals surface area contributed by atoms with Crippen molar-refractivity contribution in [2.45, 2.75) is 18.2 Å². The number of anilines is 1. The molecule has 0 saturated carbocycles. The minimum absolute atomic E-state index is 0.0948. The lowest BCUT2D eigenvalue weighted by molar-refractivity contribution is -0.139. The third-order valence-corrected chi connectivity index (χ3v) is 6.91. The van der Waals surface area contributed by atoms with E-state index in [9.17, 15) is 17.6 Å². The summed E-state index contributed by atoms with van der Waals surface area (Å²) in [5.74, 6) is -0.729. The molecule has 0 amide bonds. The van der Waals surface area contributed by atoms with Crippen LogP contribution in [-0.2, 0) is 26.0 Å². The van der Waals surface area contributed by atoms with E-state index in [-0.39, 0.29) is 23.1 Å². The van der Waals surface area contributed by atoms with Crippen molar-refractivity contribution in [2.75, 3.05) is 11.8 Å². The molecule has 0 heterocycles. The summed E-state index contributed by atoms with van der Waals surface area (Å²) < 4.78 is 46.7. The predicted octanol–water partition coefficient (Wildman–Crippen LogP) is 5.47. The normalized spacial score (nSPS) is 11.4. The summed E-state index contributed by atoms with van der Waals surface area (Å²) in [5.41, 5.74) is 3.57. The number of carbonyl (C=O) groups excluding carboxylic acids is 1. The van der Waals surface area contributed by atoms with Crippen molar-refractivity contribution in [3.63, 3.8) is 0 Å². The van der Waals surface area contributed by atoms with E-state index in [0.717, 1.165) is 27.6 Å². The SMILES string of the molecule is COC(=O)Cc1cc2ccc(F)cc2c(-c2ccc(NS(=O)(=O)c3ccccc3)cc2)c1C. The van der Waals surface area contributed by atoms with Crippen LogP contribution in [0, 0.1) is 12.7 Å². The van der Waals surface area contributed by atoms with Crippen LogP contribution in [0.1, 0.15) is 11.1 Å². The Morgan fingerprint density at radius 3 is 2.33 bits per heavy atom. The molecule has 168 valence electrons. The topological polar surface area (TPSA) is 72.5 Å². The van der Waals surface area contributed by atoms with E-state index >= 15 is 0 Å². The first-order valence-corrected chi connectivity index (χ1v) is 11.7. The third kappa shape index (κ3) is 4.73. The molecular formula is C26H22FNO4S. The standard InChI is InChI=1S/C26H22FNO4S/c1-17-20(15-25(29)32-2)14-19-8-11-21(27)16-24(19)26(17)18-9-12-22(13-10-18)28-33(30,31)23-6-4-3-5-7-23/h3-14,16,28H,15H2,1-2H3. The van der Waals surface area contributed by atoms with Gasteiger partial charge >= 0.3 is 5.97 Å². The maximum absolute atomic E-state index is 14.1. The van der Waals surface area contributed by atoms with Crippen LogP contribution in [0.5, 0.6) is 0 Å². The smallest absolute Gasteiger partial charge is 0.309 e. The quantitative estimate of drug-likeness (QED) is 0.385. The third-order valence-electron chi connectivity index (χ3n) is 5.51. The molecule has 0 atom stereocenters. The van der Waals surface area contributed by atoms with Gasteiger partial charge in [-0.2, -0.15) is 0 Å². The Balaban J connectivity index is 1.76. The first-order valence-electron chi connectivity index (χ1n) is 10.3. The molecular weight excluding hydrogens is 441 g/mol. The van der Waals surface area contributed by atoms with Gasteiger partial charge in [0.05, 0.1) is 18.4 Å². The monoisotopic (exact) mass is 463 g/mol. The summed E-state index contributed by atoms with van der Waals surface area (Å²) in [6.45, 7) is 1.88. The molecule has 4 aromatic rings. The molecule has 0 aliphatic heterocycles. The molecule has 1 N–H and O–H groups in total. The van der Waals surface area contributed by atoms with E-state index in [4.69, 9.17) is 4.74 Å². The molecule has 4 aromatic carbocycles. The second kappa shape index (κ2) is 9.03. The minimum atomic E-state index is -3.71. The lowest BCUT2D eigenvalue weighted by atomic mass is 9.89. The van der Waals surface area contributed by atoms with Gasteiger partial charge in [-0.1, -0.05) is 42.5 Å². The summed E-state index contributed by atoms with van der Waals surface area (Å²) in [6, 6.07) is 21.4. The number of hydrogen-bond donors (Lipinski definition) is 1. The van der Waals surface area contributed by atoms with E-state index in [0.29, 0.717) is 11.1 Å². The van der Waals surface area contributed by atoms with Gasteiger partial charge < -0.3 is 4.74 Å². The number of fused-ring (bicyclic) bond motifs is 1. The Bertz CT molecular complexity index is 1430. The van der Waals surface area contributed by atoms with Crippen molar-refractivity contribution in [1.82, 2.24) is 0 Å². The Morgan fingerprint density at radius 2 is 1.67 bits per heavy atom. The fourth-order valence-electron chi connectivity index (χ4n) is 3.83. The summed E-state index contributed by atoms with van der Waals surface area (Å²) in [6.07, 6.45) is 0.0948. The van der Waals surface area contributed by atoms with Gasteiger partial charge in [0, 0.05) is 5.69 Å². The van der Waals surface area contributed by atoms with Crippen LogP contribution < -0.4 is 4.72 Å². The van der Waals surface area contributed by atoms with Crippen molar-refractivity contribution in [3.05, 3.63) is 95.8 Å². The van der Waals surface area contributed by atoms with Crippen LogP contribution >= 0.6 is 0 Å². The van der Waals surface area contributed by atoms with Crippen molar-refractivity contribution in [2.24, 2.45) is 0 Å². The summed E-state index contributed by atoms with van der Waals surface area (Å²) >= 11 is 0. The first kappa shape index (κ1) is 22.5. The van der Waals surface area contributed by atoms with Gasteiger partial charge in [-0.3, -0.25) is 9.52 Å². The van der Waals surface area contributed by atoms with Crippen molar-refractivity contribution in [1.29, 1.82) is 0 Å². The van der Waals surface area contributed by atoms with Crippen LogP contribution in [0.25, 0.3) is 21.9 Å². The van der Waals surface area contributed by atoms with Gasteiger partial charge in [0.15, 0.2) is 0 Å². The minimum Gasteiger partial charge on any atom is -0.469 e. The van der Waals surface area contributed by atoms with Crippen molar-refractivity contribution in [3.8, 4) is 11.1 Å². The highest BCUT2D eigenvalue weighted by Crippen LogP contribution is 2.36. The summed E-state index contributed by atoms with van der Waals surface area (Å²) in [7, 11) is -2.38. The van der Waals surface area contributed by atoms with E-state index in [1.807, 2.05) is 13.0 Å². The molecule has 4 rings (SSSR count). The maximum Gasteiger partial charge on any atom is 0.309 e. The average molecular weight is 464 g/mol. The molecule has 0 aliphatic carbocycles. The van der Waals surface area contributed by atoms with Crippen LogP contribution in [0.4, 0.5) is 10.1 Å². The van der Waals surface area contributed by atoms with Gasteiger partial charge in [-0.15, -0.1) is 0 Å². The molecule has 33 heavy (non-hydrogen) atoms. The molecule has 5 nitrogen and oxygen atoms in total. The van der Waals surface area contributed by atoms with Crippen molar-refractivity contribution < 1.29 is 22.3 Å². The second-order valence-electron chi connectivity index (χ2n) is 7.65. The predicted molar refractivity (Wildman–Crippen MR) is 127 cm³/mol. The van der Waals surface area contributed by atoms with Gasteiger partial charge in [0.1, 0.15) is 5.82 Å². The highest BCUT2D eigenvalue weighted by Gasteiger charge is 2.17. The molecule has 0 radical (unpaired) electrons. The van der Waals surface area contributed by atoms with Gasteiger partial charge in [0.25, 0.3) is 10.0 Å². The van der Waals surface area contributed by atoms with E-state index in [2.05, 4.69) is 4.72 Å². The molecule has 0 unspecified atom stereocenters. The molecule has 0 aromatic heterocycles. The molecule has 0 saturated heterocycles. The van der Waals surface area contributed by atoms with E-state index in [1.54, 1.807) is 48.5 Å². The Kier molecular flexibility index (Phi) is 6.16. The Morgan fingerprint density at radius 1 is 0.970 bits per heavy atom. The number of hydrogen-bond acceptors (Lipinski definition) is 4. The fourth-order valence-corrected chi connectivity index (χ4v) is 4.91. The number of ether oxygens (including phenoxy) is 1. The molecule has 7 heteroatoms. The summed E-state index contributed by atoms with van der Waals surface area (Å²) in [5, 5.41) is 1.50. The van der Waals surface area contributed by atoms with Crippen LogP contribution in [0.3, 0.4) is 0 Å².